The van der Waals surface area contributed by atoms with Gasteiger partial charge in [0.2, 0.25) is 0 Å². The average Bonchev–Trinajstić information content (AvgIpc) is 2.89. The Balaban J connectivity index is 2.04. The minimum Gasteiger partial charge on any atom is -0.308 e. The monoisotopic (exact) mass is 281 g/mol. The van der Waals surface area contributed by atoms with E-state index >= 15 is 0 Å². The van der Waals surface area contributed by atoms with Crippen molar-refractivity contribution in [3.8, 4) is 0 Å². The van der Waals surface area contributed by atoms with Gasteiger partial charge < -0.3 is 5.32 Å². The zero-order valence-electron chi connectivity index (χ0n) is 12.7. The molecule has 1 N–H and O–H groups in total. The van der Waals surface area contributed by atoms with E-state index in [1.807, 2.05) is 17.5 Å². The highest BCUT2D eigenvalue weighted by Gasteiger charge is 2.35. The van der Waals surface area contributed by atoms with Crippen molar-refractivity contribution in [2.75, 3.05) is 13.1 Å². The molecular formula is C15H27N3S. The Labute approximate surface area is 121 Å². The molecular weight excluding hydrogens is 254 g/mol. The van der Waals surface area contributed by atoms with E-state index in [4.69, 9.17) is 0 Å². The van der Waals surface area contributed by atoms with Gasteiger partial charge >= 0.3 is 0 Å². The molecule has 4 heteroatoms. The Hall–Kier alpha value is -0.450. The molecule has 2 rings (SSSR count). The summed E-state index contributed by atoms with van der Waals surface area (Å²) in [4.78, 5) is 8.57. The van der Waals surface area contributed by atoms with Crippen molar-refractivity contribution in [2.24, 2.45) is 0 Å². The molecule has 1 unspecified atom stereocenters. The first-order chi connectivity index (χ1) is 9.12. The first-order valence-corrected chi connectivity index (χ1v) is 8.36. The fourth-order valence-corrected chi connectivity index (χ4v) is 3.68. The zero-order valence-corrected chi connectivity index (χ0v) is 13.5. The van der Waals surface area contributed by atoms with Gasteiger partial charge in [-0.25, -0.2) is 4.98 Å². The second-order valence-corrected chi connectivity index (χ2v) is 6.90. The van der Waals surface area contributed by atoms with Crippen LogP contribution in [0, 0.1) is 0 Å². The minimum absolute atomic E-state index is 0.303. The SMILES string of the molecule is CCc1cnc(CN2CC(CC)(CC)NCC2C)s1. The lowest BCUT2D eigenvalue weighted by Crippen LogP contribution is -2.62. The molecule has 2 heterocycles. The minimum atomic E-state index is 0.303. The molecule has 1 fully saturated rings. The highest BCUT2D eigenvalue weighted by atomic mass is 32.1. The van der Waals surface area contributed by atoms with E-state index in [-0.39, 0.29) is 0 Å². The number of hydrogen-bond donors (Lipinski definition) is 1. The summed E-state index contributed by atoms with van der Waals surface area (Å²) in [5, 5.41) is 5.03. The molecule has 0 aliphatic carbocycles. The van der Waals surface area contributed by atoms with Gasteiger partial charge in [-0.2, -0.15) is 0 Å². The van der Waals surface area contributed by atoms with Crippen LogP contribution < -0.4 is 5.32 Å². The van der Waals surface area contributed by atoms with Crippen LogP contribution in [-0.4, -0.2) is 34.6 Å². The molecule has 0 amide bonds. The van der Waals surface area contributed by atoms with Crippen molar-refractivity contribution < 1.29 is 0 Å². The predicted molar refractivity (Wildman–Crippen MR) is 82.7 cm³/mol. The van der Waals surface area contributed by atoms with E-state index in [2.05, 4.69) is 42.9 Å². The molecule has 0 aromatic carbocycles. The first-order valence-electron chi connectivity index (χ1n) is 7.55. The Morgan fingerprint density at radius 1 is 1.42 bits per heavy atom. The molecule has 0 spiro atoms. The molecule has 108 valence electrons. The zero-order chi connectivity index (χ0) is 13.9. The van der Waals surface area contributed by atoms with Crippen molar-refractivity contribution in [2.45, 2.75) is 65.1 Å². The number of nitrogens with zero attached hydrogens (tertiary/aromatic N) is 2. The van der Waals surface area contributed by atoms with E-state index in [1.165, 1.54) is 22.7 Å². The van der Waals surface area contributed by atoms with E-state index in [0.29, 0.717) is 11.6 Å². The molecule has 1 aromatic rings. The van der Waals surface area contributed by atoms with Crippen molar-refractivity contribution in [3.05, 3.63) is 16.1 Å². The lowest BCUT2D eigenvalue weighted by atomic mass is 9.89. The quantitative estimate of drug-likeness (QED) is 0.899. The van der Waals surface area contributed by atoms with Crippen LogP contribution in [0.2, 0.25) is 0 Å². The number of rotatable bonds is 5. The number of nitrogens with one attached hydrogen (secondary N) is 1. The summed E-state index contributed by atoms with van der Waals surface area (Å²) in [6, 6.07) is 0.597. The van der Waals surface area contributed by atoms with Crippen LogP contribution in [0.4, 0.5) is 0 Å². The van der Waals surface area contributed by atoms with Crippen LogP contribution in [0.15, 0.2) is 6.20 Å². The van der Waals surface area contributed by atoms with Gasteiger partial charge in [0.25, 0.3) is 0 Å². The van der Waals surface area contributed by atoms with Crippen LogP contribution in [0.3, 0.4) is 0 Å². The predicted octanol–water partition coefficient (Wildman–Crippen LogP) is 3.06. The second kappa shape index (κ2) is 6.33. The Kier molecular flexibility index (Phi) is 4.98. The lowest BCUT2D eigenvalue weighted by molar-refractivity contribution is 0.0745. The topological polar surface area (TPSA) is 28.2 Å². The van der Waals surface area contributed by atoms with Gasteiger partial charge in [0.05, 0.1) is 6.54 Å². The van der Waals surface area contributed by atoms with Crippen molar-refractivity contribution in [3.63, 3.8) is 0 Å². The Morgan fingerprint density at radius 2 is 2.16 bits per heavy atom. The fraction of sp³-hybridized carbons (Fsp3) is 0.800. The van der Waals surface area contributed by atoms with Crippen LogP contribution >= 0.6 is 11.3 Å². The standard InChI is InChI=1S/C15H27N3S/c1-5-13-9-16-14(19-13)10-18-11-15(6-2,7-3)17-8-12(18)4/h9,12,17H,5-8,10-11H2,1-4H3. The summed E-state index contributed by atoms with van der Waals surface area (Å²) in [7, 11) is 0. The van der Waals surface area contributed by atoms with Gasteiger partial charge in [0, 0.05) is 35.7 Å². The summed E-state index contributed by atoms with van der Waals surface area (Å²) >= 11 is 1.87. The Bertz CT molecular complexity index is 398. The fourth-order valence-electron chi connectivity index (χ4n) is 2.79. The lowest BCUT2D eigenvalue weighted by Gasteiger charge is -2.46. The molecule has 1 aliphatic rings. The highest BCUT2D eigenvalue weighted by molar-refractivity contribution is 7.11. The number of aryl methyl sites for hydroxylation is 1. The van der Waals surface area contributed by atoms with E-state index in [9.17, 15) is 0 Å². The third kappa shape index (κ3) is 3.36. The van der Waals surface area contributed by atoms with Crippen molar-refractivity contribution in [1.82, 2.24) is 15.2 Å². The molecule has 1 aliphatic heterocycles. The summed E-state index contributed by atoms with van der Waals surface area (Å²) < 4.78 is 0. The smallest absolute Gasteiger partial charge is 0.107 e. The first kappa shape index (κ1) is 14.9. The summed E-state index contributed by atoms with van der Waals surface area (Å²) in [6.45, 7) is 12.3. The van der Waals surface area contributed by atoms with Crippen LogP contribution in [0.1, 0.15) is 50.4 Å². The van der Waals surface area contributed by atoms with Gasteiger partial charge in [0.15, 0.2) is 0 Å². The summed E-state index contributed by atoms with van der Waals surface area (Å²) in [6.07, 6.45) is 5.54. The molecule has 1 aromatic heterocycles. The molecule has 0 saturated carbocycles. The van der Waals surface area contributed by atoms with Gasteiger partial charge in [-0.3, -0.25) is 4.90 Å². The third-order valence-electron chi connectivity index (χ3n) is 4.54. The van der Waals surface area contributed by atoms with Crippen molar-refractivity contribution >= 4 is 11.3 Å². The third-order valence-corrected chi connectivity index (χ3v) is 5.67. The van der Waals surface area contributed by atoms with Crippen LogP contribution in [0.25, 0.3) is 0 Å². The van der Waals surface area contributed by atoms with Gasteiger partial charge in [-0.1, -0.05) is 20.8 Å². The van der Waals surface area contributed by atoms with Crippen LogP contribution in [0.5, 0.6) is 0 Å². The maximum Gasteiger partial charge on any atom is 0.107 e. The molecule has 0 radical (unpaired) electrons. The van der Waals surface area contributed by atoms with Crippen LogP contribution in [-0.2, 0) is 13.0 Å². The molecule has 1 saturated heterocycles. The maximum absolute atomic E-state index is 4.57. The highest BCUT2D eigenvalue weighted by Crippen LogP contribution is 2.25. The number of hydrogen-bond acceptors (Lipinski definition) is 4. The Morgan fingerprint density at radius 3 is 2.74 bits per heavy atom. The molecule has 19 heavy (non-hydrogen) atoms. The van der Waals surface area contributed by atoms with E-state index in [1.54, 1.807) is 0 Å². The van der Waals surface area contributed by atoms with Gasteiger partial charge in [0.1, 0.15) is 5.01 Å². The van der Waals surface area contributed by atoms with E-state index in [0.717, 1.165) is 26.1 Å². The van der Waals surface area contributed by atoms with Gasteiger partial charge in [-0.05, 0) is 26.2 Å². The molecule has 1 atom stereocenters. The average molecular weight is 281 g/mol. The largest absolute Gasteiger partial charge is 0.308 e. The maximum atomic E-state index is 4.57. The van der Waals surface area contributed by atoms with E-state index < -0.39 is 0 Å². The van der Waals surface area contributed by atoms with Gasteiger partial charge in [-0.15, -0.1) is 11.3 Å². The molecule has 0 bridgehead atoms. The second-order valence-electron chi connectivity index (χ2n) is 5.70. The summed E-state index contributed by atoms with van der Waals surface area (Å²) in [5.41, 5.74) is 0.303. The normalized spacial score (nSPS) is 23.7. The number of aromatic nitrogens is 1. The van der Waals surface area contributed by atoms with Crippen molar-refractivity contribution in [1.29, 1.82) is 0 Å². The number of thiazole rings is 1. The summed E-state index contributed by atoms with van der Waals surface area (Å²) in [5.74, 6) is 0. The molecule has 3 nitrogen and oxygen atoms in total. The number of piperazine rings is 1.